The summed E-state index contributed by atoms with van der Waals surface area (Å²) in [5, 5.41) is 9.40. The molecule has 4 heteroatoms. The van der Waals surface area contributed by atoms with E-state index in [2.05, 4.69) is 0 Å². The van der Waals surface area contributed by atoms with Crippen LogP contribution in [0.15, 0.2) is 18.2 Å². The summed E-state index contributed by atoms with van der Waals surface area (Å²) >= 11 is 5.77. The summed E-state index contributed by atoms with van der Waals surface area (Å²) in [5.41, 5.74) is 7.04. The zero-order valence-corrected chi connectivity index (χ0v) is 9.29. The topological polar surface area (TPSA) is 63.3 Å². The van der Waals surface area contributed by atoms with Crippen molar-refractivity contribution in [3.8, 4) is 0 Å². The second-order valence-electron chi connectivity index (χ2n) is 3.50. The predicted molar refractivity (Wildman–Crippen MR) is 61.0 cm³/mol. The van der Waals surface area contributed by atoms with Crippen LogP contribution < -0.4 is 5.73 Å². The first-order valence-electron chi connectivity index (χ1n) is 4.81. The molecule has 0 heterocycles. The summed E-state index contributed by atoms with van der Waals surface area (Å²) in [6, 6.07) is 5.24. The van der Waals surface area contributed by atoms with Crippen LogP contribution in [0.2, 0.25) is 5.02 Å². The molecule has 0 fully saturated rings. The lowest BCUT2D eigenvalue weighted by Gasteiger charge is -2.10. The zero-order chi connectivity index (χ0) is 11.4. The number of hydrogen-bond acceptors (Lipinski definition) is 2. The SMILES string of the molecule is CCC(Cc1ccc(Cl)c(N)c1)C(=O)O. The maximum absolute atomic E-state index is 10.8. The maximum Gasteiger partial charge on any atom is 0.306 e. The largest absolute Gasteiger partial charge is 0.481 e. The molecule has 0 spiro atoms. The Morgan fingerprint density at radius 3 is 2.73 bits per heavy atom. The Balaban J connectivity index is 2.80. The van der Waals surface area contributed by atoms with Crippen molar-refractivity contribution in [2.75, 3.05) is 5.73 Å². The molecular weight excluding hydrogens is 214 g/mol. The van der Waals surface area contributed by atoms with Gasteiger partial charge < -0.3 is 10.8 Å². The average Bonchev–Trinajstić information content (AvgIpc) is 2.19. The van der Waals surface area contributed by atoms with Crippen LogP contribution in [0.5, 0.6) is 0 Å². The van der Waals surface area contributed by atoms with Crippen molar-refractivity contribution < 1.29 is 9.90 Å². The van der Waals surface area contributed by atoms with E-state index in [-0.39, 0.29) is 5.92 Å². The molecule has 0 bridgehead atoms. The highest BCUT2D eigenvalue weighted by Crippen LogP contribution is 2.22. The minimum absolute atomic E-state index is 0.356. The van der Waals surface area contributed by atoms with Crippen LogP contribution in [-0.2, 0) is 11.2 Å². The minimum atomic E-state index is -0.772. The van der Waals surface area contributed by atoms with E-state index >= 15 is 0 Å². The van der Waals surface area contributed by atoms with Crippen LogP contribution in [0.3, 0.4) is 0 Å². The summed E-state index contributed by atoms with van der Waals surface area (Å²) in [6.45, 7) is 1.86. The first-order valence-corrected chi connectivity index (χ1v) is 5.19. The molecule has 15 heavy (non-hydrogen) atoms. The number of halogens is 1. The number of rotatable bonds is 4. The molecule has 82 valence electrons. The van der Waals surface area contributed by atoms with Gasteiger partial charge in [0.15, 0.2) is 0 Å². The van der Waals surface area contributed by atoms with Gasteiger partial charge in [0, 0.05) is 0 Å². The van der Waals surface area contributed by atoms with Crippen LogP contribution in [0.25, 0.3) is 0 Å². The number of carbonyl (C=O) groups is 1. The van der Waals surface area contributed by atoms with Gasteiger partial charge in [-0.3, -0.25) is 4.79 Å². The third-order valence-electron chi connectivity index (χ3n) is 2.38. The monoisotopic (exact) mass is 227 g/mol. The predicted octanol–water partition coefficient (Wildman–Crippen LogP) is 2.58. The summed E-state index contributed by atoms with van der Waals surface area (Å²) in [4.78, 5) is 10.8. The van der Waals surface area contributed by atoms with E-state index in [4.69, 9.17) is 22.4 Å². The van der Waals surface area contributed by atoms with E-state index < -0.39 is 5.97 Å². The van der Waals surface area contributed by atoms with Crippen molar-refractivity contribution in [1.82, 2.24) is 0 Å². The fourth-order valence-corrected chi connectivity index (χ4v) is 1.53. The van der Waals surface area contributed by atoms with Gasteiger partial charge in [0.2, 0.25) is 0 Å². The molecule has 1 rings (SSSR count). The lowest BCUT2D eigenvalue weighted by Crippen LogP contribution is -2.15. The van der Waals surface area contributed by atoms with Gasteiger partial charge >= 0.3 is 5.97 Å². The van der Waals surface area contributed by atoms with Gasteiger partial charge in [0.25, 0.3) is 0 Å². The van der Waals surface area contributed by atoms with E-state index in [1.54, 1.807) is 12.1 Å². The van der Waals surface area contributed by atoms with Crippen LogP contribution in [0.1, 0.15) is 18.9 Å². The Morgan fingerprint density at radius 2 is 2.27 bits per heavy atom. The molecule has 0 aliphatic heterocycles. The maximum atomic E-state index is 10.8. The van der Waals surface area contributed by atoms with Crippen LogP contribution in [-0.4, -0.2) is 11.1 Å². The highest BCUT2D eigenvalue weighted by Gasteiger charge is 2.15. The van der Waals surface area contributed by atoms with Gasteiger partial charge in [-0.2, -0.15) is 0 Å². The molecule has 1 aromatic rings. The van der Waals surface area contributed by atoms with Gasteiger partial charge in [0.1, 0.15) is 0 Å². The van der Waals surface area contributed by atoms with E-state index in [0.717, 1.165) is 5.56 Å². The molecule has 0 amide bonds. The van der Waals surface area contributed by atoms with Crippen LogP contribution in [0, 0.1) is 5.92 Å². The highest BCUT2D eigenvalue weighted by atomic mass is 35.5. The second kappa shape index (κ2) is 5.03. The van der Waals surface area contributed by atoms with Crippen molar-refractivity contribution in [1.29, 1.82) is 0 Å². The third-order valence-corrected chi connectivity index (χ3v) is 2.73. The van der Waals surface area contributed by atoms with E-state index in [1.807, 2.05) is 13.0 Å². The normalized spacial score (nSPS) is 12.4. The van der Waals surface area contributed by atoms with E-state index in [9.17, 15) is 4.79 Å². The summed E-state index contributed by atoms with van der Waals surface area (Å²) in [6.07, 6.45) is 1.10. The number of carboxylic acids is 1. The van der Waals surface area contributed by atoms with Crippen molar-refractivity contribution in [3.05, 3.63) is 28.8 Å². The number of nitrogen functional groups attached to an aromatic ring is 1. The molecule has 0 saturated heterocycles. The average molecular weight is 228 g/mol. The van der Waals surface area contributed by atoms with Crippen LogP contribution >= 0.6 is 11.6 Å². The van der Waals surface area contributed by atoms with E-state index in [1.165, 1.54) is 0 Å². The second-order valence-corrected chi connectivity index (χ2v) is 3.91. The standard InChI is InChI=1S/C11H14ClNO2/c1-2-8(11(14)15)5-7-3-4-9(12)10(13)6-7/h3-4,6,8H,2,5,13H2,1H3,(H,14,15). The zero-order valence-electron chi connectivity index (χ0n) is 8.53. The van der Waals surface area contributed by atoms with Crippen LogP contribution in [0.4, 0.5) is 5.69 Å². The smallest absolute Gasteiger partial charge is 0.306 e. The number of nitrogens with two attached hydrogens (primary N) is 1. The van der Waals surface area contributed by atoms with Crippen molar-refractivity contribution >= 4 is 23.3 Å². The molecule has 3 nitrogen and oxygen atoms in total. The Labute approximate surface area is 93.9 Å². The van der Waals surface area contributed by atoms with Gasteiger partial charge in [0.05, 0.1) is 16.6 Å². The Kier molecular flexibility index (Phi) is 3.97. The van der Waals surface area contributed by atoms with Crippen molar-refractivity contribution in [2.24, 2.45) is 5.92 Å². The summed E-state index contributed by atoms with van der Waals surface area (Å²) in [5.74, 6) is -1.13. The van der Waals surface area contributed by atoms with Gasteiger partial charge in [-0.15, -0.1) is 0 Å². The molecular formula is C11H14ClNO2. The summed E-state index contributed by atoms with van der Waals surface area (Å²) < 4.78 is 0. The van der Waals surface area contributed by atoms with Gasteiger partial charge in [-0.1, -0.05) is 24.6 Å². The number of benzene rings is 1. The molecule has 3 N–H and O–H groups in total. The fraction of sp³-hybridized carbons (Fsp3) is 0.364. The quantitative estimate of drug-likeness (QED) is 0.778. The first kappa shape index (κ1) is 11.9. The van der Waals surface area contributed by atoms with Gasteiger partial charge in [-0.05, 0) is 30.5 Å². The molecule has 0 aliphatic carbocycles. The number of hydrogen-bond donors (Lipinski definition) is 2. The fourth-order valence-electron chi connectivity index (χ4n) is 1.41. The molecule has 1 atom stereocenters. The molecule has 0 radical (unpaired) electrons. The Morgan fingerprint density at radius 1 is 1.60 bits per heavy atom. The highest BCUT2D eigenvalue weighted by molar-refractivity contribution is 6.33. The van der Waals surface area contributed by atoms with Crippen molar-refractivity contribution in [3.63, 3.8) is 0 Å². The van der Waals surface area contributed by atoms with Crippen molar-refractivity contribution in [2.45, 2.75) is 19.8 Å². The molecule has 0 aromatic heterocycles. The minimum Gasteiger partial charge on any atom is -0.481 e. The lowest BCUT2D eigenvalue weighted by molar-refractivity contribution is -0.141. The Bertz CT molecular complexity index is 366. The lowest BCUT2D eigenvalue weighted by atomic mass is 9.97. The molecule has 1 aromatic carbocycles. The Hall–Kier alpha value is -1.22. The number of aliphatic carboxylic acids is 1. The molecule has 0 saturated carbocycles. The van der Waals surface area contributed by atoms with Gasteiger partial charge in [-0.25, -0.2) is 0 Å². The molecule has 0 aliphatic rings. The first-order chi connectivity index (χ1) is 7.04. The number of anilines is 1. The number of carboxylic acid groups (broad SMARTS) is 1. The summed E-state index contributed by atoms with van der Waals surface area (Å²) in [7, 11) is 0. The van der Waals surface area contributed by atoms with E-state index in [0.29, 0.717) is 23.6 Å². The molecule has 1 unspecified atom stereocenters. The third kappa shape index (κ3) is 3.13.